The second kappa shape index (κ2) is 7.89. The Bertz CT molecular complexity index is 811. The maximum Gasteiger partial charge on any atom is 0.573 e. The van der Waals surface area contributed by atoms with Crippen molar-refractivity contribution in [1.82, 2.24) is 0 Å². The first kappa shape index (κ1) is 17.9. The summed E-state index contributed by atoms with van der Waals surface area (Å²) in [6.45, 7) is 0.215. The van der Waals surface area contributed by atoms with Crippen LogP contribution in [0.2, 0.25) is 0 Å². The van der Waals surface area contributed by atoms with Crippen molar-refractivity contribution in [3.8, 4) is 23.6 Å². The third-order valence-corrected chi connectivity index (χ3v) is 2.99. The van der Waals surface area contributed by atoms with Gasteiger partial charge in [-0.05, 0) is 41.5 Å². The van der Waals surface area contributed by atoms with Crippen molar-refractivity contribution in [3.63, 3.8) is 0 Å². The van der Waals surface area contributed by atoms with Crippen LogP contribution in [0.1, 0.15) is 11.1 Å². The van der Waals surface area contributed by atoms with Crippen molar-refractivity contribution in [1.29, 1.82) is 10.5 Å². The largest absolute Gasteiger partial charge is 0.573 e. The number of alkyl halides is 3. The lowest BCUT2D eigenvalue weighted by atomic mass is 10.1. The zero-order valence-corrected chi connectivity index (χ0v) is 12.7. The fraction of sp³-hybridized carbons (Fsp3) is 0.111. The van der Waals surface area contributed by atoms with Gasteiger partial charge < -0.3 is 9.47 Å². The van der Waals surface area contributed by atoms with Gasteiger partial charge in [0.1, 0.15) is 35.8 Å². The van der Waals surface area contributed by atoms with Crippen LogP contribution < -0.4 is 9.47 Å². The summed E-state index contributed by atoms with van der Waals surface area (Å²) in [6, 6.07) is 15.6. The fourth-order valence-corrected chi connectivity index (χ4v) is 1.87. The van der Waals surface area contributed by atoms with Crippen LogP contribution in [0, 0.1) is 22.7 Å². The Hall–Kier alpha value is -3.45. The number of rotatable bonds is 5. The van der Waals surface area contributed by atoms with Crippen LogP contribution in [-0.2, 0) is 6.61 Å². The van der Waals surface area contributed by atoms with Crippen molar-refractivity contribution in [2.75, 3.05) is 0 Å². The molecule has 0 aliphatic heterocycles. The Kier molecular flexibility index (Phi) is 5.65. The van der Waals surface area contributed by atoms with Crippen LogP contribution in [0.4, 0.5) is 13.2 Å². The zero-order chi connectivity index (χ0) is 18.3. The number of nitrogens with zero attached hydrogens (tertiary/aromatic N) is 2. The highest BCUT2D eigenvalue weighted by molar-refractivity contribution is 5.62. The molecule has 0 unspecified atom stereocenters. The molecule has 0 N–H and O–H groups in total. The smallest absolute Gasteiger partial charge is 0.489 e. The second-order valence-corrected chi connectivity index (χ2v) is 4.83. The lowest BCUT2D eigenvalue weighted by Gasteiger charge is -2.10. The first-order valence-electron chi connectivity index (χ1n) is 6.99. The van der Waals surface area contributed by atoms with E-state index in [-0.39, 0.29) is 17.9 Å². The van der Waals surface area contributed by atoms with Gasteiger partial charge in [-0.25, -0.2) is 0 Å². The number of hydrogen-bond acceptors (Lipinski definition) is 4. The molecular formula is C18H11F3N2O2. The molecule has 0 aliphatic carbocycles. The molecule has 2 rings (SSSR count). The van der Waals surface area contributed by atoms with Crippen molar-refractivity contribution in [2.45, 2.75) is 13.0 Å². The third-order valence-electron chi connectivity index (χ3n) is 2.99. The summed E-state index contributed by atoms with van der Waals surface area (Å²) in [6.07, 6.45) is -3.26. The summed E-state index contributed by atoms with van der Waals surface area (Å²) < 4.78 is 45.5. The second-order valence-electron chi connectivity index (χ2n) is 4.83. The van der Waals surface area contributed by atoms with Gasteiger partial charge in [-0.3, -0.25) is 0 Å². The van der Waals surface area contributed by atoms with Crippen molar-refractivity contribution in [2.24, 2.45) is 0 Å². The number of benzene rings is 2. The first-order valence-corrected chi connectivity index (χ1v) is 6.99. The predicted octanol–water partition coefficient (Wildman–Crippen LogP) is 4.59. The topological polar surface area (TPSA) is 66.0 Å². The molecule has 0 amide bonds. The highest BCUT2D eigenvalue weighted by Gasteiger charge is 2.30. The molecule has 0 atom stereocenters. The average Bonchev–Trinajstić information content (AvgIpc) is 2.59. The van der Waals surface area contributed by atoms with Crippen molar-refractivity contribution >= 4 is 6.08 Å². The van der Waals surface area contributed by atoms with Gasteiger partial charge in [0, 0.05) is 0 Å². The van der Waals surface area contributed by atoms with E-state index in [1.165, 1.54) is 30.3 Å². The van der Waals surface area contributed by atoms with E-state index in [1.807, 2.05) is 0 Å². The van der Waals surface area contributed by atoms with Crippen LogP contribution in [0.25, 0.3) is 6.08 Å². The number of allylic oxidation sites excluding steroid dienone is 1. The predicted molar refractivity (Wildman–Crippen MR) is 83.1 cm³/mol. The Labute approximate surface area is 141 Å². The van der Waals surface area contributed by atoms with E-state index in [0.29, 0.717) is 11.3 Å². The molecule has 0 aliphatic rings. The van der Waals surface area contributed by atoms with Gasteiger partial charge in [0.15, 0.2) is 0 Å². The Morgan fingerprint density at radius 2 is 1.48 bits per heavy atom. The Balaban J connectivity index is 1.94. The lowest BCUT2D eigenvalue weighted by molar-refractivity contribution is -0.274. The molecule has 126 valence electrons. The maximum absolute atomic E-state index is 12.1. The van der Waals surface area contributed by atoms with Crippen molar-refractivity contribution < 1.29 is 22.6 Å². The molecule has 2 aromatic rings. The van der Waals surface area contributed by atoms with Gasteiger partial charge in [-0.15, -0.1) is 13.2 Å². The van der Waals surface area contributed by atoms with E-state index in [9.17, 15) is 13.2 Å². The molecule has 0 bridgehead atoms. The molecule has 2 aromatic carbocycles. The molecule has 0 fully saturated rings. The van der Waals surface area contributed by atoms with Gasteiger partial charge in [-0.2, -0.15) is 10.5 Å². The average molecular weight is 344 g/mol. The number of nitriles is 2. The summed E-state index contributed by atoms with van der Waals surface area (Å²) >= 11 is 0. The standard InChI is InChI=1S/C18H11F3N2O2/c19-18(20,21)25-17-7-5-16(6-8-17)24-12-14-3-1-13(2-4-14)9-15(10-22)11-23/h1-9H,12H2. The van der Waals surface area contributed by atoms with Crippen LogP contribution >= 0.6 is 0 Å². The first-order chi connectivity index (χ1) is 11.9. The molecular weight excluding hydrogens is 333 g/mol. The molecule has 0 radical (unpaired) electrons. The Morgan fingerprint density at radius 3 is 2.00 bits per heavy atom. The van der Waals surface area contributed by atoms with Crippen molar-refractivity contribution in [3.05, 3.63) is 65.2 Å². The molecule has 7 heteroatoms. The Morgan fingerprint density at radius 1 is 0.920 bits per heavy atom. The summed E-state index contributed by atoms with van der Waals surface area (Å²) in [5, 5.41) is 17.4. The summed E-state index contributed by atoms with van der Waals surface area (Å²) in [7, 11) is 0. The monoisotopic (exact) mass is 344 g/mol. The van der Waals surface area contributed by atoms with E-state index in [4.69, 9.17) is 15.3 Å². The van der Waals surface area contributed by atoms with Gasteiger partial charge in [0.05, 0.1) is 0 Å². The minimum absolute atomic E-state index is 0.00478. The normalized spacial score (nSPS) is 10.3. The van der Waals surface area contributed by atoms with E-state index in [2.05, 4.69) is 4.74 Å². The van der Waals surface area contributed by atoms with Gasteiger partial charge >= 0.3 is 6.36 Å². The SMILES string of the molecule is N#CC(C#N)=Cc1ccc(COc2ccc(OC(F)(F)F)cc2)cc1. The van der Waals surface area contributed by atoms with Crippen LogP contribution in [0.3, 0.4) is 0 Å². The fourth-order valence-electron chi connectivity index (χ4n) is 1.87. The van der Waals surface area contributed by atoms with Gasteiger partial charge in [0.2, 0.25) is 0 Å². The third kappa shape index (κ3) is 5.92. The number of halogens is 3. The lowest BCUT2D eigenvalue weighted by Crippen LogP contribution is -2.16. The molecule has 25 heavy (non-hydrogen) atoms. The molecule has 4 nitrogen and oxygen atoms in total. The maximum atomic E-state index is 12.1. The zero-order valence-electron chi connectivity index (χ0n) is 12.7. The van der Waals surface area contributed by atoms with E-state index < -0.39 is 6.36 Å². The van der Waals surface area contributed by atoms with Gasteiger partial charge in [0.25, 0.3) is 0 Å². The highest BCUT2D eigenvalue weighted by atomic mass is 19.4. The summed E-state index contributed by atoms with van der Waals surface area (Å²) in [4.78, 5) is 0. The van der Waals surface area contributed by atoms with E-state index in [1.54, 1.807) is 36.4 Å². The molecule has 0 saturated carbocycles. The summed E-state index contributed by atoms with van der Waals surface area (Å²) in [5.74, 6) is 0.0801. The number of hydrogen-bond donors (Lipinski definition) is 0. The van der Waals surface area contributed by atoms with E-state index >= 15 is 0 Å². The molecule has 0 spiro atoms. The summed E-state index contributed by atoms with van der Waals surface area (Å²) in [5.41, 5.74) is 1.53. The number of ether oxygens (including phenoxy) is 2. The molecule has 0 saturated heterocycles. The minimum atomic E-state index is -4.73. The van der Waals surface area contributed by atoms with Crippen LogP contribution in [0.5, 0.6) is 11.5 Å². The van der Waals surface area contributed by atoms with Crippen LogP contribution in [-0.4, -0.2) is 6.36 Å². The molecule has 0 heterocycles. The quantitative estimate of drug-likeness (QED) is 0.744. The minimum Gasteiger partial charge on any atom is -0.489 e. The van der Waals surface area contributed by atoms with Gasteiger partial charge in [-0.1, -0.05) is 24.3 Å². The highest BCUT2D eigenvalue weighted by Crippen LogP contribution is 2.25. The van der Waals surface area contributed by atoms with Crippen LogP contribution in [0.15, 0.2) is 54.1 Å². The molecule has 0 aromatic heterocycles. The van der Waals surface area contributed by atoms with E-state index in [0.717, 1.165) is 5.56 Å².